The molecule has 4 rings (SSSR count). The van der Waals surface area contributed by atoms with E-state index in [0.717, 1.165) is 22.4 Å². The molecule has 1 N–H and O–H groups in total. The van der Waals surface area contributed by atoms with Gasteiger partial charge in [-0.15, -0.1) is 0 Å². The number of carbonyl (C=O) groups is 1. The third kappa shape index (κ3) is 5.75. The van der Waals surface area contributed by atoms with Crippen molar-refractivity contribution in [1.82, 2.24) is 5.32 Å². The van der Waals surface area contributed by atoms with Crippen molar-refractivity contribution in [3.05, 3.63) is 96.8 Å². The van der Waals surface area contributed by atoms with Gasteiger partial charge in [0.05, 0.1) is 20.1 Å². The number of amidine groups is 1. The summed E-state index contributed by atoms with van der Waals surface area (Å²) in [5.74, 6) is 0.338. The molecule has 0 atom stereocenters. The van der Waals surface area contributed by atoms with Crippen LogP contribution in [-0.2, 0) is 11.4 Å². The second kappa shape index (κ2) is 10.1. The molecular formula is C24H17BrCl2N2O2S. The minimum Gasteiger partial charge on any atom is -0.486 e. The lowest BCUT2D eigenvalue weighted by Crippen LogP contribution is -2.19. The Labute approximate surface area is 208 Å². The van der Waals surface area contributed by atoms with Gasteiger partial charge in [0.15, 0.2) is 10.9 Å². The molecule has 1 fully saturated rings. The number of nitrogens with zero attached hydrogens (tertiary/aromatic N) is 1. The monoisotopic (exact) mass is 546 g/mol. The second-order valence-corrected chi connectivity index (χ2v) is 9.77. The van der Waals surface area contributed by atoms with Crippen molar-refractivity contribution >= 4 is 73.7 Å². The molecular weight excluding hydrogens is 531 g/mol. The number of aryl methyl sites for hydroxylation is 1. The number of aliphatic imine (C=N–C) groups is 1. The zero-order valence-corrected chi connectivity index (χ0v) is 20.8. The van der Waals surface area contributed by atoms with E-state index in [-0.39, 0.29) is 5.91 Å². The van der Waals surface area contributed by atoms with E-state index >= 15 is 0 Å². The van der Waals surface area contributed by atoms with Gasteiger partial charge >= 0.3 is 0 Å². The fourth-order valence-electron chi connectivity index (χ4n) is 2.91. The van der Waals surface area contributed by atoms with Gasteiger partial charge in [-0.3, -0.25) is 4.79 Å². The number of benzene rings is 3. The Morgan fingerprint density at radius 2 is 1.81 bits per heavy atom. The minimum atomic E-state index is -0.198. The molecule has 0 aliphatic carbocycles. The van der Waals surface area contributed by atoms with Gasteiger partial charge in [0, 0.05) is 5.02 Å². The van der Waals surface area contributed by atoms with E-state index in [4.69, 9.17) is 27.9 Å². The summed E-state index contributed by atoms with van der Waals surface area (Å²) in [6.07, 6.45) is 1.78. The summed E-state index contributed by atoms with van der Waals surface area (Å²) in [7, 11) is 0. The SMILES string of the molecule is Cc1ccc(N=C2NC(=O)/C(=C\c3cc(Cl)c(OCc4ccc(Cl)cc4)c(Br)c3)S2)cc1. The lowest BCUT2D eigenvalue weighted by molar-refractivity contribution is -0.115. The van der Waals surface area contributed by atoms with Crippen molar-refractivity contribution in [3.63, 3.8) is 0 Å². The van der Waals surface area contributed by atoms with E-state index in [1.54, 1.807) is 12.1 Å². The third-order valence-corrected chi connectivity index (χ3v) is 6.56. The van der Waals surface area contributed by atoms with Crippen LogP contribution in [0.1, 0.15) is 16.7 Å². The van der Waals surface area contributed by atoms with Crippen LogP contribution in [0.4, 0.5) is 5.69 Å². The number of rotatable bonds is 5. The predicted octanol–water partition coefficient (Wildman–Crippen LogP) is 7.53. The van der Waals surface area contributed by atoms with E-state index in [1.165, 1.54) is 11.8 Å². The van der Waals surface area contributed by atoms with Crippen molar-refractivity contribution in [3.8, 4) is 5.75 Å². The van der Waals surface area contributed by atoms with Crippen LogP contribution >= 0.6 is 50.9 Å². The van der Waals surface area contributed by atoms with Crippen LogP contribution in [0.3, 0.4) is 0 Å². The third-order valence-electron chi connectivity index (χ3n) is 4.53. The normalized spacial score (nSPS) is 15.9. The molecule has 1 aliphatic rings. The van der Waals surface area contributed by atoms with Gasteiger partial charge in [0.1, 0.15) is 6.61 Å². The van der Waals surface area contributed by atoms with Crippen LogP contribution in [0, 0.1) is 6.92 Å². The van der Waals surface area contributed by atoms with Crippen molar-refractivity contribution in [1.29, 1.82) is 0 Å². The number of amides is 1. The molecule has 0 aromatic heterocycles. The Morgan fingerprint density at radius 3 is 2.50 bits per heavy atom. The number of hydrogen-bond acceptors (Lipinski definition) is 4. The highest BCUT2D eigenvalue weighted by molar-refractivity contribution is 9.10. The Kier molecular flexibility index (Phi) is 7.26. The van der Waals surface area contributed by atoms with Crippen LogP contribution in [0.15, 0.2) is 75.0 Å². The summed E-state index contributed by atoms with van der Waals surface area (Å²) in [4.78, 5) is 17.4. The molecule has 162 valence electrons. The molecule has 3 aromatic carbocycles. The Morgan fingerprint density at radius 1 is 1.09 bits per heavy atom. The lowest BCUT2D eigenvalue weighted by Gasteiger charge is -2.11. The van der Waals surface area contributed by atoms with Crippen LogP contribution in [0.25, 0.3) is 6.08 Å². The maximum absolute atomic E-state index is 12.4. The first kappa shape index (κ1) is 22.9. The van der Waals surface area contributed by atoms with Crippen LogP contribution in [0.5, 0.6) is 5.75 Å². The van der Waals surface area contributed by atoms with E-state index in [2.05, 4.69) is 26.2 Å². The molecule has 8 heteroatoms. The highest BCUT2D eigenvalue weighted by Gasteiger charge is 2.24. The molecule has 0 bridgehead atoms. The zero-order valence-electron chi connectivity index (χ0n) is 16.9. The largest absolute Gasteiger partial charge is 0.486 e. The van der Waals surface area contributed by atoms with E-state index < -0.39 is 0 Å². The average Bonchev–Trinajstić information content (AvgIpc) is 3.09. The molecule has 1 amide bonds. The number of carbonyl (C=O) groups excluding carboxylic acids is 1. The minimum absolute atomic E-state index is 0.198. The molecule has 32 heavy (non-hydrogen) atoms. The molecule has 1 heterocycles. The van der Waals surface area contributed by atoms with Crippen molar-refractivity contribution in [2.24, 2.45) is 4.99 Å². The molecule has 0 saturated carbocycles. The van der Waals surface area contributed by atoms with E-state index in [1.807, 2.05) is 61.5 Å². The number of hydrogen-bond donors (Lipinski definition) is 1. The van der Waals surface area contributed by atoms with Crippen molar-refractivity contribution in [2.75, 3.05) is 0 Å². The summed E-state index contributed by atoms with van der Waals surface area (Å²) >= 11 is 17.2. The van der Waals surface area contributed by atoms with Gasteiger partial charge < -0.3 is 10.1 Å². The highest BCUT2D eigenvalue weighted by Crippen LogP contribution is 2.37. The predicted molar refractivity (Wildman–Crippen MR) is 137 cm³/mol. The van der Waals surface area contributed by atoms with Gasteiger partial charge in [-0.2, -0.15) is 0 Å². The van der Waals surface area contributed by atoms with E-state index in [0.29, 0.717) is 36.9 Å². The van der Waals surface area contributed by atoms with Crippen LogP contribution < -0.4 is 10.1 Å². The van der Waals surface area contributed by atoms with Gasteiger partial charge in [0.25, 0.3) is 5.91 Å². The first-order chi connectivity index (χ1) is 15.4. The van der Waals surface area contributed by atoms with E-state index in [9.17, 15) is 4.79 Å². The molecule has 4 nitrogen and oxygen atoms in total. The van der Waals surface area contributed by atoms with Crippen molar-refractivity contribution < 1.29 is 9.53 Å². The number of halogens is 3. The van der Waals surface area contributed by atoms with Crippen LogP contribution in [0.2, 0.25) is 10.0 Å². The lowest BCUT2D eigenvalue weighted by atomic mass is 10.2. The molecule has 0 unspecified atom stereocenters. The molecule has 0 radical (unpaired) electrons. The Bertz CT molecular complexity index is 1200. The maximum atomic E-state index is 12.4. The first-order valence-corrected chi connectivity index (χ1v) is 12.0. The zero-order chi connectivity index (χ0) is 22.7. The summed E-state index contributed by atoms with van der Waals surface area (Å²) in [6, 6.07) is 18.8. The number of ether oxygens (including phenoxy) is 1. The van der Waals surface area contributed by atoms with Crippen LogP contribution in [-0.4, -0.2) is 11.1 Å². The Balaban J connectivity index is 1.49. The van der Waals surface area contributed by atoms with Gasteiger partial charge in [-0.25, -0.2) is 4.99 Å². The topological polar surface area (TPSA) is 50.7 Å². The average molecular weight is 548 g/mol. The van der Waals surface area contributed by atoms with Gasteiger partial charge in [-0.05, 0) is 88.2 Å². The summed E-state index contributed by atoms with van der Waals surface area (Å²) < 4.78 is 6.58. The molecule has 1 saturated heterocycles. The fraction of sp³-hybridized carbons (Fsp3) is 0.0833. The molecule has 3 aromatic rings. The molecule has 0 spiro atoms. The standard InChI is InChI=1S/C24H17BrCl2N2O2S/c1-14-2-8-18(9-3-14)28-24-29-23(30)21(32-24)12-16-10-19(25)22(20(27)11-16)31-13-15-4-6-17(26)7-5-15/h2-12H,13H2,1H3,(H,28,29,30)/b21-12+. The second-order valence-electron chi connectivity index (χ2n) is 7.05. The first-order valence-electron chi connectivity index (χ1n) is 9.60. The maximum Gasteiger partial charge on any atom is 0.264 e. The smallest absolute Gasteiger partial charge is 0.264 e. The van der Waals surface area contributed by atoms with Gasteiger partial charge in [-0.1, -0.05) is 53.0 Å². The summed E-state index contributed by atoms with van der Waals surface area (Å²) in [5.41, 5.74) is 3.69. The Hall–Kier alpha value is -2.25. The number of thioether (sulfide) groups is 1. The molecule has 1 aliphatic heterocycles. The quantitative estimate of drug-likeness (QED) is 0.336. The summed E-state index contributed by atoms with van der Waals surface area (Å²) in [6.45, 7) is 2.37. The highest BCUT2D eigenvalue weighted by atomic mass is 79.9. The van der Waals surface area contributed by atoms with Gasteiger partial charge in [0.2, 0.25) is 0 Å². The fourth-order valence-corrected chi connectivity index (χ4v) is 4.86. The van der Waals surface area contributed by atoms with Crippen molar-refractivity contribution in [2.45, 2.75) is 13.5 Å². The summed E-state index contributed by atoms with van der Waals surface area (Å²) in [5, 5.41) is 4.45. The number of nitrogens with one attached hydrogen (secondary N) is 1.